The molecular formula is C14H29IN4O2. The average Bonchev–Trinajstić information content (AvgIpc) is 2.44. The summed E-state index contributed by atoms with van der Waals surface area (Å²) in [7, 11) is 5.33. The number of carbonyl (C=O) groups is 1. The molecule has 0 aromatic carbocycles. The van der Waals surface area contributed by atoms with Gasteiger partial charge in [-0.1, -0.05) is 0 Å². The van der Waals surface area contributed by atoms with Gasteiger partial charge in [-0.15, -0.1) is 24.0 Å². The quantitative estimate of drug-likeness (QED) is 0.419. The van der Waals surface area contributed by atoms with Crippen LogP contribution >= 0.6 is 24.0 Å². The maximum atomic E-state index is 11.5. The lowest BCUT2D eigenvalue weighted by Gasteiger charge is -2.34. The van der Waals surface area contributed by atoms with Crippen LogP contribution in [0.1, 0.15) is 26.2 Å². The molecule has 1 rings (SSSR count). The summed E-state index contributed by atoms with van der Waals surface area (Å²) in [6.45, 7) is 5.34. The minimum Gasteiger partial charge on any atom is -0.378 e. The number of nitrogens with one attached hydrogen (secondary N) is 1. The molecule has 0 spiro atoms. The second kappa shape index (κ2) is 11.1. The third-order valence-electron chi connectivity index (χ3n) is 3.48. The Hall–Kier alpha value is -0.570. The Morgan fingerprint density at radius 2 is 2.00 bits per heavy atom. The van der Waals surface area contributed by atoms with Crippen LogP contribution in [0.3, 0.4) is 0 Å². The summed E-state index contributed by atoms with van der Waals surface area (Å²) in [6, 6.07) is 0. The first kappa shape index (κ1) is 20.4. The van der Waals surface area contributed by atoms with Crippen molar-refractivity contribution >= 4 is 35.8 Å². The van der Waals surface area contributed by atoms with E-state index in [2.05, 4.69) is 15.2 Å². The molecule has 0 aromatic rings. The molecule has 21 heavy (non-hydrogen) atoms. The van der Waals surface area contributed by atoms with Crippen molar-refractivity contribution in [1.82, 2.24) is 15.1 Å². The number of hydrogen-bond acceptors (Lipinski definition) is 3. The van der Waals surface area contributed by atoms with Gasteiger partial charge in [0.1, 0.15) is 0 Å². The standard InChI is InChI=1S/C14H28N4O2.HI/c1-5-20-12-7-10-18(11-8-12)14(15-2)16-9-6-13(19)17(3)4;/h12H,5-11H2,1-4H3,(H,15,16);1H. The Labute approximate surface area is 145 Å². The number of rotatable bonds is 5. The van der Waals surface area contributed by atoms with Crippen molar-refractivity contribution < 1.29 is 9.53 Å². The molecule has 1 N–H and O–H groups in total. The second-order valence-corrected chi connectivity index (χ2v) is 5.15. The van der Waals surface area contributed by atoms with Crippen molar-refractivity contribution in [2.24, 2.45) is 4.99 Å². The number of hydrogen-bond donors (Lipinski definition) is 1. The molecule has 0 radical (unpaired) electrons. The number of aliphatic imine (C=N–C) groups is 1. The highest BCUT2D eigenvalue weighted by molar-refractivity contribution is 14.0. The fourth-order valence-electron chi connectivity index (χ4n) is 2.31. The van der Waals surface area contributed by atoms with E-state index in [0.717, 1.165) is 38.5 Å². The van der Waals surface area contributed by atoms with Gasteiger partial charge in [0.15, 0.2) is 5.96 Å². The van der Waals surface area contributed by atoms with Gasteiger partial charge in [-0.25, -0.2) is 0 Å². The number of likely N-dealkylation sites (tertiary alicyclic amines) is 1. The van der Waals surface area contributed by atoms with Crippen LogP contribution in [0.15, 0.2) is 4.99 Å². The van der Waals surface area contributed by atoms with Crippen molar-refractivity contribution in [3.63, 3.8) is 0 Å². The van der Waals surface area contributed by atoms with Gasteiger partial charge in [-0.2, -0.15) is 0 Å². The molecule has 1 heterocycles. The van der Waals surface area contributed by atoms with E-state index in [4.69, 9.17) is 4.74 Å². The van der Waals surface area contributed by atoms with Gasteiger partial charge < -0.3 is 19.9 Å². The normalized spacial score (nSPS) is 16.4. The monoisotopic (exact) mass is 412 g/mol. The largest absolute Gasteiger partial charge is 0.378 e. The summed E-state index contributed by atoms with van der Waals surface area (Å²) in [5, 5.41) is 3.26. The zero-order valence-electron chi connectivity index (χ0n) is 13.6. The van der Waals surface area contributed by atoms with Gasteiger partial charge in [-0.3, -0.25) is 9.79 Å². The first-order chi connectivity index (χ1) is 9.58. The fourth-order valence-corrected chi connectivity index (χ4v) is 2.31. The molecule has 0 saturated carbocycles. The topological polar surface area (TPSA) is 57.2 Å². The Balaban J connectivity index is 0.00000400. The fraction of sp³-hybridized carbons (Fsp3) is 0.857. The van der Waals surface area contributed by atoms with Crippen molar-refractivity contribution in [3.05, 3.63) is 0 Å². The summed E-state index contributed by atoms with van der Waals surface area (Å²) in [5.74, 6) is 1.01. The number of carbonyl (C=O) groups excluding carboxylic acids is 1. The number of ether oxygens (including phenoxy) is 1. The number of nitrogens with zero attached hydrogens (tertiary/aromatic N) is 3. The van der Waals surface area contributed by atoms with Gasteiger partial charge in [-0.05, 0) is 19.8 Å². The molecule has 6 nitrogen and oxygen atoms in total. The predicted octanol–water partition coefficient (Wildman–Crippen LogP) is 1.16. The summed E-state index contributed by atoms with van der Waals surface area (Å²) < 4.78 is 5.65. The SMILES string of the molecule is CCOC1CCN(C(=NC)NCCC(=O)N(C)C)CC1.I. The lowest BCUT2D eigenvalue weighted by molar-refractivity contribution is -0.128. The molecule has 1 fully saturated rings. The molecule has 0 aliphatic carbocycles. The minimum atomic E-state index is 0. The first-order valence-corrected chi connectivity index (χ1v) is 7.35. The maximum absolute atomic E-state index is 11.5. The summed E-state index contributed by atoms with van der Waals surface area (Å²) in [6.07, 6.45) is 2.93. The van der Waals surface area contributed by atoms with Gasteiger partial charge in [0, 0.05) is 53.8 Å². The molecule has 7 heteroatoms. The van der Waals surface area contributed by atoms with E-state index in [1.165, 1.54) is 0 Å². The summed E-state index contributed by atoms with van der Waals surface area (Å²) >= 11 is 0. The van der Waals surface area contributed by atoms with Gasteiger partial charge in [0.05, 0.1) is 6.10 Å². The van der Waals surface area contributed by atoms with Crippen molar-refractivity contribution in [2.45, 2.75) is 32.3 Å². The number of amides is 1. The van der Waals surface area contributed by atoms with E-state index in [-0.39, 0.29) is 29.9 Å². The zero-order chi connectivity index (χ0) is 15.0. The Morgan fingerprint density at radius 1 is 1.38 bits per heavy atom. The van der Waals surface area contributed by atoms with Crippen molar-refractivity contribution in [3.8, 4) is 0 Å². The van der Waals surface area contributed by atoms with Crippen LogP contribution in [-0.2, 0) is 9.53 Å². The van der Waals surface area contributed by atoms with Crippen molar-refractivity contribution in [2.75, 3.05) is 47.4 Å². The number of piperidine rings is 1. The molecule has 0 bridgehead atoms. The molecule has 1 saturated heterocycles. The van der Waals surface area contributed by atoms with Crippen LogP contribution in [-0.4, -0.2) is 75.2 Å². The second-order valence-electron chi connectivity index (χ2n) is 5.15. The smallest absolute Gasteiger partial charge is 0.223 e. The zero-order valence-corrected chi connectivity index (χ0v) is 15.9. The van der Waals surface area contributed by atoms with Crippen LogP contribution in [0.5, 0.6) is 0 Å². The molecule has 0 atom stereocenters. The highest BCUT2D eigenvalue weighted by atomic mass is 127. The molecule has 1 aliphatic rings. The molecule has 124 valence electrons. The van der Waals surface area contributed by atoms with Gasteiger partial charge in [0.25, 0.3) is 0 Å². The average molecular weight is 412 g/mol. The third-order valence-corrected chi connectivity index (χ3v) is 3.48. The Bertz CT molecular complexity index is 329. The van der Waals surface area contributed by atoms with E-state index < -0.39 is 0 Å². The molecule has 0 unspecified atom stereocenters. The van der Waals surface area contributed by atoms with E-state index in [0.29, 0.717) is 19.1 Å². The molecular weight excluding hydrogens is 383 g/mol. The van der Waals surface area contributed by atoms with E-state index in [1.807, 2.05) is 6.92 Å². The van der Waals surface area contributed by atoms with Crippen LogP contribution < -0.4 is 5.32 Å². The van der Waals surface area contributed by atoms with Crippen molar-refractivity contribution in [1.29, 1.82) is 0 Å². The molecule has 1 amide bonds. The number of guanidine groups is 1. The molecule has 0 aromatic heterocycles. The maximum Gasteiger partial charge on any atom is 0.223 e. The van der Waals surface area contributed by atoms with E-state index in [9.17, 15) is 4.79 Å². The molecule has 1 aliphatic heterocycles. The van der Waals surface area contributed by atoms with Crippen LogP contribution in [0.2, 0.25) is 0 Å². The summed E-state index contributed by atoms with van der Waals surface area (Å²) in [5.41, 5.74) is 0. The highest BCUT2D eigenvalue weighted by Crippen LogP contribution is 2.13. The number of halogens is 1. The predicted molar refractivity (Wildman–Crippen MR) is 96.3 cm³/mol. The highest BCUT2D eigenvalue weighted by Gasteiger charge is 2.21. The van der Waals surface area contributed by atoms with Gasteiger partial charge in [0.2, 0.25) is 5.91 Å². The minimum absolute atomic E-state index is 0. The van der Waals surface area contributed by atoms with Gasteiger partial charge >= 0.3 is 0 Å². The summed E-state index contributed by atoms with van der Waals surface area (Å²) in [4.78, 5) is 19.7. The first-order valence-electron chi connectivity index (χ1n) is 7.35. The van der Waals surface area contributed by atoms with Crippen LogP contribution in [0.25, 0.3) is 0 Å². The Kier molecular flexibility index (Phi) is 10.8. The van der Waals surface area contributed by atoms with Crippen LogP contribution in [0.4, 0.5) is 0 Å². The Morgan fingerprint density at radius 3 is 2.48 bits per heavy atom. The lowest BCUT2D eigenvalue weighted by atomic mass is 10.1. The van der Waals surface area contributed by atoms with E-state index >= 15 is 0 Å². The lowest BCUT2D eigenvalue weighted by Crippen LogP contribution is -2.47. The van der Waals surface area contributed by atoms with E-state index in [1.54, 1.807) is 26.0 Å². The third kappa shape index (κ3) is 7.30. The van der Waals surface area contributed by atoms with Crippen LogP contribution in [0, 0.1) is 0 Å².